The summed E-state index contributed by atoms with van der Waals surface area (Å²) in [5, 5.41) is 4.19. The number of fused-ring (bicyclic) bond motifs is 1. The molecule has 0 fully saturated rings. The first kappa shape index (κ1) is 12.8. The van der Waals surface area contributed by atoms with Crippen LogP contribution in [0.1, 0.15) is 0 Å². The summed E-state index contributed by atoms with van der Waals surface area (Å²) < 4.78 is 13.3. The highest BCUT2D eigenvalue weighted by Gasteiger charge is 2.11. The summed E-state index contributed by atoms with van der Waals surface area (Å²) in [6.07, 6.45) is 0. The summed E-state index contributed by atoms with van der Waals surface area (Å²) >= 11 is 6.17. The van der Waals surface area contributed by atoms with Gasteiger partial charge in [-0.15, -0.1) is 0 Å². The van der Waals surface area contributed by atoms with Crippen molar-refractivity contribution in [3.63, 3.8) is 0 Å². The minimum atomic E-state index is -0.317. The van der Waals surface area contributed by atoms with Gasteiger partial charge in [-0.25, -0.2) is 14.4 Å². The van der Waals surface area contributed by atoms with E-state index in [4.69, 9.17) is 11.6 Å². The van der Waals surface area contributed by atoms with Crippen molar-refractivity contribution in [2.24, 2.45) is 0 Å². The standard InChI is InChI=1S/C15H11ClFN3/c1-18-14-11-8-9(17)6-7-13(11)19-15(20-14)10-4-2-3-5-12(10)16/h2-8H,1H3,(H,18,19,20). The van der Waals surface area contributed by atoms with Crippen LogP contribution < -0.4 is 5.32 Å². The number of hydrogen-bond acceptors (Lipinski definition) is 3. The Bertz CT molecular complexity index is 789. The van der Waals surface area contributed by atoms with Gasteiger partial charge in [-0.3, -0.25) is 0 Å². The molecule has 0 saturated carbocycles. The van der Waals surface area contributed by atoms with E-state index in [1.807, 2.05) is 18.2 Å². The second-order valence-corrected chi connectivity index (χ2v) is 4.69. The van der Waals surface area contributed by atoms with Crippen LogP contribution in [0.2, 0.25) is 5.02 Å². The van der Waals surface area contributed by atoms with Crippen molar-refractivity contribution in [1.29, 1.82) is 0 Å². The monoisotopic (exact) mass is 287 g/mol. The molecule has 3 aromatic rings. The smallest absolute Gasteiger partial charge is 0.163 e. The Morgan fingerprint density at radius 3 is 2.65 bits per heavy atom. The Morgan fingerprint density at radius 1 is 1.10 bits per heavy atom. The van der Waals surface area contributed by atoms with Gasteiger partial charge in [-0.05, 0) is 30.3 Å². The number of aromatic nitrogens is 2. The second-order valence-electron chi connectivity index (χ2n) is 4.29. The second kappa shape index (κ2) is 5.06. The van der Waals surface area contributed by atoms with Crippen LogP contribution in [0.5, 0.6) is 0 Å². The molecular weight excluding hydrogens is 277 g/mol. The minimum absolute atomic E-state index is 0.317. The third-order valence-electron chi connectivity index (χ3n) is 3.01. The molecule has 0 unspecified atom stereocenters. The lowest BCUT2D eigenvalue weighted by atomic mass is 10.2. The van der Waals surface area contributed by atoms with E-state index in [-0.39, 0.29) is 5.82 Å². The Kier molecular flexibility index (Phi) is 3.24. The third kappa shape index (κ3) is 2.18. The van der Waals surface area contributed by atoms with Gasteiger partial charge in [0.25, 0.3) is 0 Å². The van der Waals surface area contributed by atoms with Gasteiger partial charge in [0.05, 0.1) is 10.5 Å². The summed E-state index contributed by atoms with van der Waals surface area (Å²) in [6, 6.07) is 11.8. The molecule has 0 radical (unpaired) electrons. The molecule has 1 heterocycles. The lowest BCUT2D eigenvalue weighted by Crippen LogP contribution is -1.99. The molecule has 3 rings (SSSR count). The van der Waals surface area contributed by atoms with Gasteiger partial charge < -0.3 is 5.32 Å². The van der Waals surface area contributed by atoms with E-state index < -0.39 is 0 Å². The van der Waals surface area contributed by atoms with E-state index in [1.54, 1.807) is 19.2 Å². The minimum Gasteiger partial charge on any atom is -0.373 e. The fraction of sp³-hybridized carbons (Fsp3) is 0.0667. The van der Waals surface area contributed by atoms with Gasteiger partial charge in [-0.1, -0.05) is 23.7 Å². The van der Waals surface area contributed by atoms with Gasteiger partial charge in [-0.2, -0.15) is 0 Å². The number of nitrogens with zero attached hydrogens (tertiary/aromatic N) is 2. The number of nitrogens with one attached hydrogen (secondary N) is 1. The fourth-order valence-electron chi connectivity index (χ4n) is 2.05. The van der Waals surface area contributed by atoms with Crippen LogP contribution in [0.3, 0.4) is 0 Å². The Labute approximate surface area is 120 Å². The van der Waals surface area contributed by atoms with Gasteiger partial charge >= 0.3 is 0 Å². The molecule has 20 heavy (non-hydrogen) atoms. The third-order valence-corrected chi connectivity index (χ3v) is 3.34. The maximum absolute atomic E-state index is 13.3. The molecule has 3 nitrogen and oxygen atoms in total. The van der Waals surface area contributed by atoms with Gasteiger partial charge in [0.15, 0.2) is 5.82 Å². The van der Waals surface area contributed by atoms with Gasteiger partial charge in [0.1, 0.15) is 11.6 Å². The van der Waals surface area contributed by atoms with E-state index in [2.05, 4.69) is 15.3 Å². The van der Waals surface area contributed by atoms with Crippen LogP contribution in [-0.4, -0.2) is 17.0 Å². The van der Waals surface area contributed by atoms with E-state index in [1.165, 1.54) is 12.1 Å². The molecule has 0 aliphatic rings. The summed E-state index contributed by atoms with van der Waals surface area (Å²) in [5.74, 6) is 0.770. The van der Waals surface area contributed by atoms with Crippen LogP contribution in [-0.2, 0) is 0 Å². The maximum atomic E-state index is 13.3. The van der Waals surface area contributed by atoms with Crippen LogP contribution in [0.15, 0.2) is 42.5 Å². The van der Waals surface area contributed by atoms with Crippen molar-refractivity contribution >= 4 is 28.3 Å². The van der Waals surface area contributed by atoms with Gasteiger partial charge in [0.2, 0.25) is 0 Å². The topological polar surface area (TPSA) is 37.8 Å². The molecule has 0 atom stereocenters. The molecule has 1 N–H and O–H groups in total. The first-order chi connectivity index (χ1) is 9.69. The van der Waals surface area contributed by atoms with E-state index in [0.717, 1.165) is 5.56 Å². The van der Waals surface area contributed by atoms with E-state index in [9.17, 15) is 4.39 Å². The van der Waals surface area contributed by atoms with Crippen molar-refractivity contribution in [2.75, 3.05) is 12.4 Å². The van der Waals surface area contributed by atoms with Crippen LogP contribution in [0.25, 0.3) is 22.3 Å². The highest BCUT2D eigenvalue weighted by molar-refractivity contribution is 6.33. The van der Waals surface area contributed by atoms with Crippen molar-refractivity contribution < 1.29 is 4.39 Å². The molecule has 1 aromatic heterocycles. The Morgan fingerprint density at radius 2 is 1.90 bits per heavy atom. The molecule has 0 amide bonds. The normalized spacial score (nSPS) is 10.8. The van der Waals surface area contributed by atoms with E-state index >= 15 is 0 Å². The molecule has 0 aliphatic carbocycles. The lowest BCUT2D eigenvalue weighted by Gasteiger charge is -2.09. The summed E-state index contributed by atoms with van der Waals surface area (Å²) in [4.78, 5) is 8.87. The van der Waals surface area contributed by atoms with Crippen molar-refractivity contribution in [3.8, 4) is 11.4 Å². The summed E-state index contributed by atoms with van der Waals surface area (Å²) in [7, 11) is 1.74. The number of halogens is 2. The largest absolute Gasteiger partial charge is 0.373 e. The van der Waals surface area contributed by atoms with Crippen LogP contribution in [0.4, 0.5) is 10.2 Å². The van der Waals surface area contributed by atoms with Crippen LogP contribution in [0, 0.1) is 5.82 Å². The first-order valence-corrected chi connectivity index (χ1v) is 6.47. The molecule has 100 valence electrons. The molecule has 0 aliphatic heterocycles. The van der Waals surface area contributed by atoms with E-state index in [0.29, 0.717) is 27.6 Å². The zero-order valence-electron chi connectivity index (χ0n) is 10.7. The van der Waals surface area contributed by atoms with Crippen molar-refractivity contribution in [2.45, 2.75) is 0 Å². The number of anilines is 1. The maximum Gasteiger partial charge on any atom is 0.163 e. The average Bonchev–Trinajstić information content (AvgIpc) is 2.46. The van der Waals surface area contributed by atoms with Crippen molar-refractivity contribution in [3.05, 3.63) is 53.3 Å². The molecule has 0 spiro atoms. The zero-order valence-corrected chi connectivity index (χ0v) is 11.4. The number of rotatable bonds is 2. The predicted molar refractivity (Wildman–Crippen MR) is 79.5 cm³/mol. The molecular formula is C15H11ClFN3. The first-order valence-electron chi connectivity index (χ1n) is 6.09. The summed E-state index contributed by atoms with van der Waals surface area (Å²) in [6.45, 7) is 0. The summed E-state index contributed by atoms with van der Waals surface area (Å²) in [5.41, 5.74) is 1.41. The molecule has 2 aromatic carbocycles. The van der Waals surface area contributed by atoms with Crippen LogP contribution >= 0.6 is 11.6 Å². The SMILES string of the molecule is CNc1nc(-c2ccccc2Cl)nc2ccc(F)cc12. The fourth-order valence-corrected chi connectivity index (χ4v) is 2.27. The number of hydrogen-bond donors (Lipinski definition) is 1. The Hall–Kier alpha value is -2.20. The molecule has 5 heteroatoms. The highest BCUT2D eigenvalue weighted by Crippen LogP contribution is 2.29. The quantitative estimate of drug-likeness (QED) is 0.770. The van der Waals surface area contributed by atoms with Gasteiger partial charge in [0, 0.05) is 18.0 Å². The molecule has 0 bridgehead atoms. The molecule has 0 saturated heterocycles. The zero-order chi connectivity index (χ0) is 14.1. The predicted octanol–water partition coefficient (Wildman–Crippen LogP) is 4.13. The van der Waals surface area contributed by atoms with Crippen molar-refractivity contribution in [1.82, 2.24) is 9.97 Å². The number of benzene rings is 2. The Balaban J connectivity index is 2.29. The lowest BCUT2D eigenvalue weighted by molar-refractivity contribution is 0.629. The highest BCUT2D eigenvalue weighted by atomic mass is 35.5. The average molecular weight is 288 g/mol.